The van der Waals surface area contributed by atoms with Crippen molar-refractivity contribution in [2.45, 2.75) is 31.2 Å². The lowest BCUT2D eigenvalue weighted by molar-refractivity contribution is 0.0697. The molecule has 0 aliphatic carbocycles. The Balaban J connectivity index is 2.83. The molecule has 16 heavy (non-hydrogen) atoms. The van der Waals surface area contributed by atoms with Gasteiger partial charge in [-0.1, -0.05) is 11.6 Å². The Kier molecular flexibility index (Phi) is 4.24. The van der Waals surface area contributed by atoms with E-state index in [1.54, 1.807) is 18.2 Å². The molecule has 1 aromatic carbocycles. The van der Waals surface area contributed by atoms with E-state index in [0.717, 1.165) is 4.90 Å². The first-order valence-corrected chi connectivity index (χ1v) is 5.96. The Hall–Kier alpha value is -0.710. The van der Waals surface area contributed by atoms with Gasteiger partial charge >= 0.3 is 5.97 Å². The number of carboxylic acid groups (broad SMARTS) is 1. The fourth-order valence-electron chi connectivity index (χ4n) is 0.944. The molecule has 0 heterocycles. The number of nitrogens with one attached hydrogen (secondary N) is 1. The van der Waals surface area contributed by atoms with Crippen molar-refractivity contribution in [2.75, 3.05) is 0 Å². The number of carboxylic acids is 1. The molecule has 0 aliphatic heterocycles. The lowest BCUT2D eigenvalue weighted by Crippen LogP contribution is -2.29. The van der Waals surface area contributed by atoms with Gasteiger partial charge < -0.3 is 5.11 Å². The number of carbonyl (C=O) groups is 1. The zero-order valence-electron chi connectivity index (χ0n) is 9.37. The highest BCUT2D eigenvalue weighted by Crippen LogP contribution is 2.24. The largest absolute Gasteiger partial charge is 0.478 e. The molecular formula is C11H14ClNO2S. The molecule has 0 aliphatic rings. The van der Waals surface area contributed by atoms with Gasteiger partial charge in [0.25, 0.3) is 0 Å². The van der Waals surface area contributed by atoms with E-state index in [1.165, 1.54) is 11.9 Å². The Bertz CT molecular complexity index is 401. The van der Waals surface area contributed by atoms with Crippen LogP contribution in [0.2, 0.25) is 5.02 Å². The summed E-state index contributed by atoms with van der Waals surface area (Å²) in [5.74, 6) is -1.01. The summed E-state index contributed by atoms with van der Waals surface area (Å²) in [6.07, 6.45) is 0. The molecule has 1 rings (SSSR count). The predicted octanol–water partition coefficient (Wildman–Crippen LogP) is 3.43. The highest BCUT2D eigenvalue weighted by Gasteiger charge is 2.12. The smallest absolute Gasteiger partial charge is 0.337 e. The van der Waals surface area contributed by atoms with Crippen molar-refractivity contribution >= 4 is 29.5 Å². The lowest BCUT2D eigenvalue weighted by atomic mass is 10.1. The lowest BCUT2D eigenvalue weighted by Gasteiger charge is -2.19. The number of hydrogen-bond donors (Lipinski definition) is 2. The van der Waals surface area contributed by atoms with E-state index in [-0.39, 0.29) is 16.1 Å². The van der Waals surface area contributed by atoms with Gasteiger partial charge in [0.05, 0.1) is 10.6 Å². The highest BCUT2D eigenvalue weighted by molar-refractivity contribution is 7.97. The average Bonchev–Trinajstić information content (AvgIpc) is 2.14. The van der Waals surface area contributed by atoms with Gasteiger partial charge in [0.15, 0.2) is 0 Å². The summed E-state index contributed by atoms with van der Waals surface area (Å²) in [7, 11) is 0. The maximum atomic E-state index is 10.9. The Labute approximate surface area is 104 Å². The molecule has 3 nitrogen and oxygen atoms in total. The van der Waals surface area contributed by atoms with Crippen LogP contribution < -0.4 is 4.72 Å². The standard InChI is InChI=1S/C11H14ClNO2S/c1-11(2,3)13-16-7-4-5-9(12)8(6-7)10(14)15/h4-6,13H,1-3H3,(H,14,15). The Morgan fingerprint density at radius 2 is 2.06 bits per heavy atom. The van der Waals surface area contributed by atoms with E-state index in [0.29, 0.717) is 0 Å². The van der Waals surface area contributed by atoms with Crippen LogP contribution in [0.4, 0.5) is 0 Å². The second kappa shape index (κ2) is 5.08. The minimum Gasteiger partial charge on any atom is -0.478 e. The molecule has 0 aromatic heterocycles. The summed E-state index contributed by atoms with van der Waals surface area (Å²) in [6, 6.07) is 4.95. The molecule has 5 heteroatoms. The second-order valence-electron chi connectivity index (χ2n) is 4.40. The van der Waals surface area contributed by atoms with Crippen LogP contribution >= 0.6 is 23.5 Å². The van der Waals surface area contributed by atoms with Crippen molar-refractivity contribution in [1.29, 1.82) is 0 Å². The number of hydrogen-bond acceptors (Lipinski definition) is 3. The van der Waals surface area contributed by atoms with Gasteiger partial charge in [-0.25, -0.2) is 4.79 Å². The van der Waals surface area contributed by atoms with Crippen molar-refractivity contribution in [2.24, 2.45) is 0 Å². The Morgan fingerprint density at radius 1 is 1.44 bits per heavy atom. The molecule has 0 unspecified atom stereocenters. The van der Waals surface area contributed by atoms with E-state index in [9.17, 15) is 4.79 Å². The molecule has 1 aromatic rings. The topological polar surface area (TPSA) is 49.3 Å². The zero-order chi connectivity index (χ0) is 12.3. The second-order valence-corrected chi connectivity index (χ2v) is 5.69. The van der Waals surface area contributed by atoms with E-state index < -0.39 is 5.97 Å². The summed E-state index contributed by atoms with van der Waals surface area (Å²) in [6.45, 7) is 6.11. The van der Waals surface area contributed by atoms with Crippen LogP contribution in [0.15, 0.2) is 23.1 Å². The minimum atomic E-state index is -1.01. The van der Waals surface area contributed by atoms with Crippen molar-refractivity contribution in [3.8, 4) is 0 Å². The van der Waals surface area contributed by atoms with Crippen molar-refractivity contribution in [1.82, 2.24) is 4.72 Å². The summed E-state index contributed by atoms with van der Waals surface area (Å²) in [5.41, 5.74) is 0.0932. The average molecular weight is 260 g/mol. The van der Waals surface area contributed by atoms with Crippen molar-refractivity contribution in [3.63, 3.8) is 0 Å². The predicted molar refractivity (Wildman–Crippen MR) is 67.2 cm³/mol. The fourth-order valence-corrected chi connectivity index (χ4v) is 1.88. The van der Waals surface area contributed by atoms with Crippen LogP contribution in [0.25, 0.3) is 0 Å². The van der Waals surface area contributed by atoms with E-state index in [1.807, 2.05) is 20.8 Å². The van der Waals surface area contributed by atoms with E-state index in [4.69, 9.17) is 16.7 Å². The molecule has 0 radical (unpaired) electrons. The molecule has 0 amide bonds. The van der Waals surface area contributed by atoms with E-state index in [2.05, 4.69) is 4.72 Å². The van der Waals surface area contributed by atoms with Crippen LogP contribution in [-0.2, 0) is 0 Å². The number of rotatable bonds is 3. The molecule has 0 bridgehead atoms. The summed E-state index contributed by atoms with van der Waals surface area (Å²) >= 11 is 7.17. The summed E-state index contributed by atoms with van der Waals surface area (Å²) < 4.78 is 3.20. The van der Waals surface area contributed by atoms with Gasteiger partial charge in [0, 0.05) is 10.4 Å². The molecule has 88 valence electrons. The molecule has 0 fully saturated rings. The van der Waals surface area contributed by atoms with Crippen LogP contribution in [0.1, 0.15) is 31.1 Å². The third-order valence-electron chi connectivity index (χ3n) is 1.64. The number of aromatic carboxylic acids is 1. The first-order chi connectivity index (χ1) is 7.29. The first kappa shape index (κ1) is 13.4. The molecular weight excluding hydrogens is 246 g/mol. The zero-order valence-corrected chi connectivity index (χ0v) is 10.9. The molecule has 0 spiro atoms. The maximum absolute atomic E-state index is 10.9. The molecule has 0 saturated heterocycles. The van der Waals surface area contributed by atoms with Crippen LogP contribution in [0, 0.1) is 0 Å². The number of halogens is 1. The van der Waals surface area contributed by atoms with Gasteiger partial charge in [-0.05, 0) is 50.9 Å². The van der Waals surface area contributed by atoms with Gasteiger partial charge in [0.1, 0.15) is 0 Å². The minimum absolute atomic E-state index is 0.0340. The maximum Gasteiger partial charge on any atom is 0.337 e. The third kappa shape index (κ3) is 4.04. The molecule has 0 atom stereocenters. The van der Waals surface area contributed by atoms with Crippen molar-refractivity contribution in [3.05, 3.63) is 28.8 Å². The van der Waals surface area contributed by atoms with Gasteiger partial charge in [-0.3, -0.25) is 4.72 Å². The SMILES string of the molecule is CC(C)(C)NSc1ccc(Cl)c(C(=O)O)c1. The van der Waals surface area contributed by atoms with Crippen molar-refractivity contribution < 1.29 is 9.90 Å². The van der Waals surface area contributed by atoms with Gasteiger partial charge in [-0.15, -0.1) is 0 Å². The monoisotopic (exact) mass is 259 g/mol. The highest BCUT2D eigenvalue weighted by atomic mass is 35.5. The first-order valence-electron chi connectivity index (χ1n) is 4.76. The van der Waals surface area contributed by atoms with Crippen LogP contribution in [0.3, 0.4) is 0 Å². The summed E-state index contributed by atoms with van der Waals surface area (Å²) in [4.78, 5) is 11.7. The summed E-state index contributed by atoms with van der Waals surface area (Å²) in [5, 5.41) is 9.16. The van der Waals surface area contributed by atoms with Gasteiger partial charge in [0.2, 0.25) is 0 Å². The Morgan fingerprint density at radius 3 is 2.56 bits per heavy atom. The van der Waals surface area contributed by atoms with Gasteiger partial charge in [-0.2, -0.15) is 0 Å². The molecule has 2 N–H and O–H groups in total. The van der Waals surface area contributed by atoms with Crippen LogP contribution in [-0.4, -0.2) is 16.6 Å². The normalized spacial score (nSPS) is 11.5. The fraction of sp³-hybridized carbons (Fsp3) is 0.364. The third-order valence-corrected chi connectivity index (χ3v) is 3.18. The van der Waals surface area contributed by atoms with E-state index >= 15 is 0 Å². The van der Waals surface area contributed by atoms with Crippen LogP contribution in [0.5, 0.6) is 0 Å². The number of benzene rings is 1. The quantitative estimate of drug-likeness (QED) is 0.817. The molecule has 0 saturated carbocycles.